The molecule has 1 N–H and O–H groups in total. The van der Waals surface area contributed by atoms with Gasteiger partial charge in [0.15, 0.2) is 0 Å². The lowest BCUT2D eigenvalue weighted by molar-refractivity contribution is 0.102. The van der Waals surface area contributed by atoms with Gasteiger partial charge in [0, 0.05) is 11.6 Å². The second-order valence-electron chi connectivity index (χ2n) is 6.93. The molecule has 4 rings (SSSR count). The van der Waals surface area contributed by atoms with Crippen LogP contribution in [0.4, 0.5) is 5.69 Å². The van der Waals surface area contributed by atoms with E-state index in [4.69, 9.17) is 4.74 Å². The molecule has 0 atom stereocenters. The van der Waals surface area contributed by atoms with E-state index in [0.717, 1.165) is 39.2 Å². The Balaban J connectivity index is 1.59. The van der Waals surface area contributed by atoms with Crippen molar-refractivity contribution in [3.05, 3.63) is 83.4 Å². The lowest BCUT2D eigenvalue weighted by atomic mass is 10.1. The normalized spacial score (nSPS) is 10.9. The molecule has 0 unspecified atom stereocenters. The monoisotopic (exact) mass is 386 g/mol. The molecule has 0 aliphatic heterocycles. The molecule has 146 valence electrons. The zero-order valence-electron chi connectivity index (χ0n) is 16.6. The van der Waals surface area contributed by atoms with Gasteiger partial charge >= 0.3 is 0 Å². The predicted molar refractivity (Wildman–Crippen MR) is 113 cm³/mol. The van der Waals surface area contributed by atoms with Gasteiger partial charge in [-0.3, -0.25) is 14.5 Å². The zero-order valence-corrected chi connectivity index (χ0v) is 16.6. The Morgan fingerprint density at radius 3 is 2.62 bits per heavy atom. The van der Waals surface area contributed by atoms with Crippen molar-refractivity contribution in [2.75, 3.05) is 12.4 Å². The van der Waals surface area contributed by atoms with Crippen molar-refractivity contribution < 1.29 is 9.53 Å². The van der Waals surface area contributed by atoms with Crippen LogP contribution in [0.3, 0.4) is 0 Å². The van der Waals surface area contributed by atoms with Crippen LogP contribution in [0.1, 0.15) is 27.4 Å². The number of amides is 1. The fraction of sp³-hybridized carbons (Fsp3) is 0.174. The maximum absolute atomic E-state index is 12.8. The molecule has 0 aliphatic rings. The van der Waals surface area contributed by atoms with Crippen LogP contribution in [0.5, 0.6) is 5.75 Å². The van der Waals surface area contributed by atoms with E-state index in [2.05, 4.69) is 27.5 Å². The zero-order chi connectivity index (χ0) is 20.4. The molecule has 6 heteroatoms. The molecule has 2 heterocycles. The van der Waals surface area contributed by atoms with E-state index in [1.807, 2.05) is 54.9 Å². The summed E-state index contributed by atoms with van der Waals surface area (Å²) < 4.78 is 7.17. The van der Waals surface area contributed by atoms with Crippen molar-refractivity contribution in [1.29, 1.82) is 0 Å². The quantitative estimate of drug-likeness (QED) is 0.553. The number of hydrogen-bond acceptors (Lipinski definition) is 4. The first-order chi connectivity index (χ1) is 14.0. The molecule has 0 spiro atoms. The average molecular weight is 386 g/mol. The molecule has 6 nitrogen and oxygen atoms in total. The first-order valence-corrected chi connectivity index (χ1v) is 9.38. The summed E-state index contributed by atoms with van der Waals surface area (Å²) in [6.45, 7) is 4.50. The van der Waals surface area contributed by atoms with Crippen molar-refractivity contribution >= 4 is 22.4 Å². The van der Waals surface area contributed by atoms with E-state index in [-0.39, 0.29) is 5.91 Å². The molecule has 0 fully saturated rings. The first-order valence-electron chi connectivity index (χ1n) is 9.38. The smallest absolute Gasteiger partial charge is 0.274 e. The lowest BCUT2D eigenvalue weighted by Gasteiger charge is -2.08. The van der Waals surface area contributed by atoms with Crippen molar-refractivity contribution in [2.24, 2.45) is 0 Å². The van der Waals surface area contributed by atoms with E-state index in [0.29, 0.717) is 12.2 Å². The van der Waals surface area contributed by atoms with E-state index < -0.39 is 0 Å². The molecule has 4 aromatic rings. The van der Waals surface area contributed by atoms with E-state index >= 15 is 0 Å². The Labute approximate surface area is 169 Å². The Bertz CT molecular complexity index is 1180. The summed E-state index contributed by atoms with van der Waals surface area (Å²) in [5, 5.41) is 9.42. The van der Waals surface area contributed by atoms with E-state index in [9.17, 15) is 4.79 Å². The Morgan fingerprint density at radius 2 is 1.86 bits per heavy atom. The molecule has 0 aliphatic carbocycles. The highest BCUT2D eigenvalue weighted by molar-refractivity contribution is 6.05. The summed E-state index contributed by atoms with van der Waals surface area (Å²) in [5.74, 6) is 0.476. The van der Waals surface area contributed by atoms with Crippen LogP contribution in [-0.2, 0) is 6.54 Å². The van der Waals surface area contributed by atoms with Gasteiger partial charge in [-0.2, -0.15) is 5.10 Å². The summed E-state index contributed by atoms with van der Waals surface area (Å²) >= 11 is 0. The number of aryl methyl sites for hydroxylation is 1. The number of nitrogens with zero attached hydrogens (tertiary/aromatic N) is 3. The van der Waals surface area contributed by atoms with Gasteiger partial charge in [0.25, 0.3) is 5.91 Å². The SMILES string of the molecule is COc1ccc2cnc(C(=O)Nc3c(C)nn(Cc4ccccc4)c3C)cc2c1. The van der Waals surface area contributed by atoms with Gasteiger partial charge in [0.05, 0.1) is 30.7 Å². The number of methoxy groups -OCH3 is 1. The van der Waals surface area contributed by atoms with Crippen molar-refractivity contribution in [3.63, 3.8) is 0 Å². The summed E-state index contributed by atoms with van der Waals surface area (Å²) in [7, 11) is 1.62. The highest BCUT2D eigenvalue weighted by Gasteiger charge is 2.16. The minimum Gasteiger partial charge on any atom is -0.497 e. The number of anilines is 1. The molecule has 1 amide bonds. The van der Waals surface area contributed by atoms with Crippen LogP contribution < -0.4 is 10.1 Å². The Kier molecular flexibility index (Phi) is 4.99. The van der Waals surface area contributed by atoms with Gasteiger partial charge in [-0.05, 0) is 49.1 Å². The molecule has 0 bridgehead atoms. The van der Waals surface area contributed by atoms with Gasteiger partial charge in [-0.25, -0.2) is 0 Å². The highest BCUT2D eigenvalue weighted by atomic mass is 16.5. The second-order valence-corrected chi connectivity index (χ2v) is 6.93. The van der Waals surface area contributed by atoms with Crippen LogP contribution >= 0.6 is 0 Å². The minimum atomic E-state index is -0.264. The summed E-state index contributed by atoms with van der Waals surface area (Å²) in [6.07, 6.45) is 1.70. The highest BCUT2D eigenvalue weighted by Crippen LogP contribution is 2.23. The van der Waals surface area contributed by atoms with Gasteiger partial charge in [0.2, 0.25) is 0 Å². The van der Waals surface area contributed by atoms with Crippen molar-refractivity contribution in [3.8, 4) is 5.75 Å². The van der Waals surface area contributed by atoms with E-state index in [1.54, 1.807) is 19.4 Å². The summed E-state index contributed by atoms with van der Waals surface area (Å²) in [6, 6.07) is 17.6. The molecule has 2 aromatic carbocycles. The van der Waals surface area contributed by atoms with E-state index in [1.165, 1.54) is 0 Å². The third-order valence-corrected chi connectivity index (χ3v) is 4.96. The van der Waals surface area contributed by atoms with Crippen LogP contribution in [0.2, 0.25) is 0 Å². The standard InChI is InChI=1S/C23H22N4O2/c1-15-22(16(2)27(26-15)14-17-7-5-4-6-8-17)25-23(28)21-12-19-11-20(29-3)10-9-18(19)13-24-21/h4-13H,14H2,1-3H3,(H,25,28). The number of ether oxygens (including phenoxy) is 1. The molecule has 29 heavy (non-hydrogen) atoms. The molecular weight excluding hydrogens is 364 g/mol. The van der Waals surface area contributed by atoms with Gasteiger partial charge in [0.1, 0.15) is 11.4 Å². The van der Waals surface area contributed by atoms with Gasteiger partial charge < -0.3 is 10.1 Å². The number of carbonyl (C=O) groups excluding carboxylic acids is 1. The topological polar surface area (TPSA) is 69.0 Å². The second kappa shape index (κ2) is 7.75. The number of fused-ring (bicyclic) bond motifs is 1. The molecule has 2 aromatic heterocycles. The minimum absolute atomic E-state index is 0.264. The third kappa shape index (κ3) is 3.82. The fourth-order valence-electron chi connectivity index (χ4n) is 3.34. The van der Waals surface area contributed by atoms with Gasteiger partial charge in [-0.15, -0.1) is 0 Å². The summed E-state index contributed by atoms with van der Waals surface area (Å²) in [5.41, 5.74) is 3.90. The Hall–Kier alpha value is -3.67. The number of hydrogen-bond donors (Lipinski definition) is 1. The Morgan fingerprint density at radius 1 is 1.07 bits per heavy atom. The number of rotatable bonds is 5. The number of benzene rings is 2. The molecule has 0 saturated carbocycles. The number of nitrogens with one attached hydrogen (secondary N) is 1. The average Bonchev–Trinajstić information content (AvgIpc) is 3.00. The lowest BCUT2D eigenvalue weighted by Crippen LogP contribution is -2.15. The maximum atomic E-state index is 12.8. The number of carbonyl (C=O) groups is 1. The van der Waals surface area contributed by atoms with Crippen LogP contribution in [0.25, 0.3) is 10.8 Å². The number of aromatic nitrogens is 3. The fourth-order valence-corrected chi connectivity index (χ4v) is 3.34. The summed E-state index contributed by atoms with van der Waals surface area (Å²) in [4.78, 5) is 17.2. The van der Waals surface area contributed by atoms with Gasteiger partial charge in [-0.1, -0.05) is 30.3 Å². The van der Waals surface area contributed by atoms with Crippen molar-refractivity contribution in [1.82, 2.24) is 14.8 Å². The van der Waals surface area contributed by atoms with Crippen LogP contribution in [0, 0.1) is 13.8 Å². The molecular formula is C23H22N4O2. The largest absolute Gasteiger partial charge is 0.497 e. The third-order valence-electron chi connectivity index (χ3n) is 4.96. The van der Waals surface area contributed by atoms with Crippen LogP contribution in [0.15, 0.2) is 60.8 Å². The van der Waals surface area contributed by atoms with Crippen molar-refractivity contribution in [2.45, 2.75) is 20.4 Å². The molecule has 0 saturated heterocycles. The first kappa shape index (κ1) is 18.7. The van der Waals surface area contributed by atoms with Crippen LogP contribution in [-0.4, -0.2) is 27.8 Å². The maximum Gasteiger partial charge on any atom is 0.274 e. The number of pyridine rings is 1. The molecule has 0 radical (unpaired) electrons. The predicted octanol–water partition coefficient (Wildman–Crippen LogP) is 4.36.